The van der Waals surface area contributed by atoms with Crippen LogP contribution in [0.3, 0.4) is 0 Å². The smallest absolute Gasteiger partial charge is 0.257 e. The molecule has 0 spiro atoms. The highest BCUT2D eigenvalue weighted by Gasteiger charge is 2.26. The minimum atomic E-state index is 0.0424. The van der Waals surface area contributed by atoms with Gasteiger partial charge < -0.3 is 9.32 Å². The van der Waals surface area contributed by atoms with Crippen LogP contribution in [0, 0.1) is 0 Å². The highest BCUT2D eigenvalue weighted by Crippen LogP contribution is 2.24. The Balaban J connectivity index is 1.35. The second-order valence-electron chi connectivity index (χ2n) is 8.09. The van der Waals surface area contributed by atoms with Crippen molar-refractivity contribution >= 4 is 5.91 Å². The Hall–Kier alpha value is -3.64. The maximum Gasteiger partial charge on any atom is 0.257 e. The first kappa shape index (κ1) is 20.3. The molecule has 3 heterocycles. The first-order valence-electron chi connectivity index (χ1n) is 11.0. The molecule has 5 rings (SSSR count). The monoisotopic (exact) mass is 426 g/mol. The van der Waals surface area contributed by atoms with E-state index in [2.05, 4.69) is 17.0 Å². The Morgan fingerprint density at radius 2 is 1.56 bits per heavy atom. The van der Waals surface area contributed by atoms with Gasteiger partial charge in [-0.25, -0.2) is 0 Å². The molecule has 4 aromatic rings. The zero-order valence-electron chi connectivity index (χ0n) is 17.9. The molecule has 0 aliphatic carbocycles. The standard InChI is InChI=1S/C26H26N4O2/c31-26(29-15-13-28(14-16-29)19-23-12-7-17-32-23)24-20-30(18-21-8-3-1-4-9-21)27-25(24)22-10-5-2-6-11-22/h1-12,17,20H,13-16,18-19H2. The number of rotatable bonds is 6. The van der Waals surface area contributed by atoms with E-state index in [1.165, 1.54) is 0 Å². The lowest BCUT2D eigenvalue weighted by Gasteiger charge is -2.34. The molecule has 0 bridgehead atoms. The molecule has 0 N–H and O–H groups in total. The average molecular weight is 427 g/mol. The van der Waals surface area contributed by atoms with Gasteiger partial charge in [-0.3, -0.25) is 14.4 Å². The van der Waals surface area contributed by atoms with Crippen molar-refractivity contribution in [3.63, 3.8) is 0 Å². The molecule has 1 fully saturated rings. The van der Waals surface area contributed by atoms with E-state index in [0.29, 0.717) is 25.2 Å². The van der Waals surface area contributed by atoms with E-state index in [4.69, 9.17) is 9.52 Å². The van der Waals surface area contributed by atoms with Gasteiger partial charge in [0.25, 0.3) is 5.91 Å². The summed E-state index contributed by atoms with van der Waals surface area (Å²) in [5.74, 6) is 0.999. The molecule has 0 saturated carbocycles. The van der Waals surface area contributed by atoms with Gasteiger partial charge in [0.05, 0.1) is 24.9 Å². The van der Waals surface area contributed by atoms with E-state index in [9.17, 15) is 4.79 Å². The molecule has 0 radical (unpaired) electrons. The summed E-state index contributed by atoms with van der Waals surface area (Å²) in [7, 11) is 0. The van der Waals surface area contributed by atoms with Crippen molar-refractivity contribution in [1.82, 2.24) is 19.6 Å². The average Bonchev–Trinajstić information content (AvgIpc) is 3.50. The molecule has 1 amide bonds. The number of nitrogens with zero attached hydrogens (tertiary/aromatic N) is 4. The second kappa shape index (κ2) is 9.24. The fraction of sp³-hybridized carbons (Fsp3) is 0.231. The van der Waals surface area contributed by atoms with Crippen LogP contribution < -0.4 is 0 Å². The topological polar surface area (TPSA) is 54.5 Å². The Morgan fingerprint density at radius 1 is 0.844 bits per heavy atom. The lowest BCUT2D eigenvalue weighted by Crippen LogP contribution is -2.48. The van der Waals surface area contributed by atoms with Crippen LogP contribution in [-0.2, 0) is 13.1 Å². The van der Waals surface area contributed by atoms with Gasteiger partial charge in [-0.05, 0) is 17.7 Å². The number of carbonyl (C=O) groups is 1. The third-order valence-electron chi connectivity index (χ3n) is 5.85. The summed E-state index contributed by atoms with van der Waals surface area (Å²) in [6.07, 6.45) is 3.60. The van der Waals surface area contributed by atoms with Crippen LogP contribution >= 0.6 is 0 Å². The van der Waals surface area contributed by atoms with Gasteiger partial charge in [-0.2, -0.15) is 5.10 Å². The molecule has 162 valence electrons. The van der Waals surface area contributed by atoms with Gasteiger partial charge in [-0.1, -0.05) is 60.7 Å². The molecule has 2 aromatic heterocycles. The van der Waals surface area contributed by atoms with Crippen LogP contribution in [0.2, 0.25) is 0 Å². The molecule has 1 saturated heterocycles. The molecule has 0 unspecified atom stereocenters. The number of carbonyl (C=O) groups excluding carboxylic acids is 1. The fourth-order valence-electron chi connectivity index (χ4n) is 4.14. The van der Waals surface area contributed by atoms with Gasteiger partial charge in [-0.15, -0.1) is 0 Å². The molecule has 1 aliphatic heterocycles. The number of piperazine rings is 1. The van der Waals surface area contributed by atoms with Crippen LogP contribution in [0.4, 0.5) is 0 Å². The van der Waals surface area contributed by atoms with Crippen molar-refractivity contribution in [3.8, 4) is 11.3 Å². The van der Waals surface area contributed by atoms with Crippen LogP contribution in [0.1, 0.15) is 21.7 Å². The van der Waals surface area contributed by atoms with E-state index in [1.54, 1.807) is 6.26 Å². The highest BCUT2D eigenvalue weighted by molar-refractivity contribution is 5.99. The number of amides is 1. The van der Waals surface area contributed by atoms with Gasteiger partial charge in [0.1, 0.15) is 11.5 Å². The predicted octanol–water partition coefficient (Wildman–Crippen LogP) is 4.15. The van der Waals surface area contributed by atoms with E-state index in [-0.39, 0.29) is 5.91 Å². The van der Waals surface area contributed by atoms with Crippen molar-refractivity contribution < 1.29 is 9.21 Å². The van der Waals surface area contributed by atoms with Crippen molar-refractivity contribution in [1.29, 1.82) is 0 Å². The Morgan fingerprint density at radius 3 is 2.25 bits per heavy atom. The van der Waals surface area contributed by atoms with Crippen molar-refractivity contribution in [2.24, 2.45) is 0 Å². The lowest BCUT2D eigenvalue weighted by atomic mass is 10.1. The van der Waals surface area contributed by atoms with Crippen molar-refractivity contribution in [3.05, 3.63) is 102 Å². The molecule has 6 heteroatoms. The molecule has 0 atom stereocenters. The number of aromatic nitrogens is 2. The Bertz CT molecular complexity index is 1150. The second-order valence-corrected chi connectivity index (χ2v) is 8.09. The third kappa shape index (κ3) is 4.50. The molecule has 1 aliphatic rings. The van der Waals surface area contributed by atoms with Crippen molar-refractivity contribution in [2.75, 3.05) is 26.2 Å². The summed E-state index contributed by atoms with van der Waals surface area (Å²) in [5, 5.41) is 4.80. The number of benzene rings is 2. The SMILES string of the molecule is O=C(c1cn(Cc2ccccc2)nc1-c1ccccc1)N1CCN(Cc2ccco2)CC1. The zero-order chi connectivity index (χ0) is 21.8. The molecule has 2 aromatic carbocycles. The summed E-state index contributed by atoms with van der Waals surface area (Å²) in [5.41, 5.74) is 3.51. The van der Waals surface area contributed by atoms with Gasteiger partial charge in [0.15, 0.2) is 0 Å². The van der Waals surface area contributed by atoms with Gasteiger partial charge in [0, 0.05) is 37.9 Å². The lowest BCUT2D eigenvalue weighted by molar-refractivity contribution is 0.0621. The number of furan rings is 1. The molecular formula is C26H26N4O2. The fourth-order valence-corrected chi connectivity index (χ4v) is 4.14. The summed E-state index contributed by atoms with van der Waals surface area (Å²) in [6.45, 7) is 4.44. The summed E-state index contributed by atoms with van der Waals surface area (Å²) >= 11 is 0. The molecule has 6 nitrogen and oxygen atoms in total. The van der Waals surface area contributed by atoms with E-state index < -0.39 is 0 Å². The summed E-state index contributed by atoms with van der Waals surface area (Å²) in [4.78, 5) is 17.8. The maximum absolute atomic E-state index is 13.5. The Labute approximate surface area is 187 Å². The van der Waals surface area contributed by atoms with E-state index >= 15 is 0 Å². The Kier molecular flexibility index (Phi) is 5.85. The normalized spacial score (nSPS) is 14.6. The minimum absolute atomic E-state index is 0.0424. The predicted molar refractivity (Wildman–Crippen MR) is 123 cm³/mol. The minimum Gasteiger partial charge on any atom is -0.468 e. The van der Waals surface area contributed by atoms with Crippen LogP contribution in [-0.4, -0.2) is 51.7 Å². The largest absolute Gasteiger partial charge is 0.468 e. The first-order valence-corrected chi connectivity index (χ1v) is 11.0. The van der Waals surface area contributed by atoms with Crippen LogP contribution in [0.25, 0.3) is 11.3 Å². The maximum atomic E-state index is 13.5. The summed E-state index contributed by atoms with van der Waals surface area (Å²) in [6, 6.07) is 24.0. The third-order valence-corrected chi connectivity index (χ3v) is 5.85. The first-order chi connectivity index (χ1) is 15.8. The number of hydrogen-bond donors (Lipinski definition) is 0. The van der Waals surface area contributed by atoms with Gasteiger partial charge in [0.2, 0.25) is 0 Å². The quantitative estimate of drug-likeness (QED) is 0.465. The van der Waals surface area contributed by atoms with Crippen molar-refractivity contribution in [2.45, 2.75) is 13.1 Å². The molecule has 32 heavy (non-hydrogen) atoms. The van der Waals surface area contributed by atoms with Gasteiger partial charge >= 0.3 is 0 Å². The van der Waals surface area contributed by atoms with E-state index in [1.807, 2.05) is 76.4 Å². The summed E-state index contributed by atoms with van der Waals surface area (Å²) < 4.78 is 7.34. The van der Waals surface area contributed by atoms with E-state index in [0.717, 1.165) is 42.2 Å². The number of hydrogen-bond acceptors (Lipinski definition) is 4. The molecular weight excluding hydrogens is 400 g/mol. The highest BCUT2D eigenvalue weighted by atomic mass is 16.3. The van der Waals surface area contributed by atoms with Crippen LogP contribution in [0.5, 0.6) is 0 Å². The van der Waals surface area contributed by atoms with Crippen LogP contribution in [0.15, 0.2) is 89.7 Å². The zero-order valence-corrected chi connectivity index (χ0v) is 17.9.